The van der Waals surface area contributed by atoms with E-state index in [-0.39, 0.29) is 0 Å². The third-order valence-corrected chi connectivity index (χ3v) is 5.82. The standard InChI is InChI=1S/C16H29P/c1-5-9-13-17(14-10-6-2,15-11-7-3)16-12-8-4/h9-17H,5-8H2,1-4H3. The van der Waals surface area contributed by atoms with E-state index in [0.29, 0.717) is 0 Å². The third kappa shape index (κ3) is 7.34. The maximum atomic E-state index is 2.44. The van der Waals surface area contributed by atoms with Gasteiger partial charge in [-0.05, 0) is 0 Å². The molecule has 0 N–H and O–H groups in total. The molecular formula is C16H29P. The second-order valence-electron chi connectivity index (χ2n) is 4.24. The van der Waals surface area contributed by atoms with Crippen molar-refractivity contribution in [3.05, 3.63) is 47.6 Å². The Bertz CT molecular complexity index is 220. The van der Waals surface area contributed by atoms with Gasteiger partial charge in [-0.1, -0.05) is 0 Å². The average Bonchev–Trinajstić information content (AvgIpc) is 2.37. The summed E-state index contributed by atoms with van der Waals surface area (Å²) in [5.74, 6) is 9.77. The van der Waals surface area contributed by atoms with Crippen LogP contribution in [0.3, 0.4) is 0 Å². The first-order chi connectivity index (χ1) is 8.24. The Morgan fingerprint density at radius 1 is 0.529 bits per heavy atom. The molecule has 0 rings (SSSR count). The fraction of sp³-hybridized carbons (Fsp3) is 0.500. The van der Waals surface area contributed by atoms with Gasteiger partial charge >= 0.3 is 108 Å². The molecule has 0 saturated heterocycles. The molecular weight excluding hydrogens is 223 g/mol. The van der Waals surface area contributed by atoms with Gasteiger partial charge < -0.3 is 0 Å². The third-order valence-electron chi connectivity index (χ3n) is 2.57. The zero-order valence-electron chi connectivity index (χ0n) is 11.9. The molecule has 17 heavy (non-hydrogen) atoms. The van der Waals surface area contributed by atoms with Crippen molar-refractivity contribution < 1.29 is 0 Å². The molecule has 0 nitrogen and oxygen atoms in total. The summed E-state index contributed by atoms with van der Waals surface area (Å²) in [6.45, 7) is 8.80. The summed E-state index contributed by atoms with van der Waals surface area (Å²) in [5, 5.41) is 0. The van der Waals surface area contributed by atoms with Crippen LogP contribution in [0.5, 0.6) is 0 Å². The molecule has 98 valence electrons. The Morgan fingerprint density at radius 2 is 0.765 bits per heavy atom. The molecule has 0 aliphatic heterocycles. The molecule has 0 fully saturated rings. The molecule has 0 unspecified atom stereocenters. The summed E-state index contributed by atoms with van der Waals surface area (Å²) in [5.41, 5.74) is 0. The van der Waals surface area contributed by atoms with Crippen LogP contribution in [-0.4, -0.2) is 0 Å². The molecule has 0 atom stereocenters. The van der Waals surface area contributed by atoms with Crippen molar-refractivity contribution in [1.29, 1.82) is 0 Å². The Hall–Kier alpha value is -0.610. The summed E-state index contributed by atoms with van der Waals surface area (Å²) in [7, 11) is -1.60. The van der Waals surface area contributed by atoms with Gasteiger partial charge in [0.05, 0.1) is 0 Å². The zero-order chi connectivity index (χ0) is 13.0. The summed E-state index contributed by atoms with van der Waals surface area (Å²) in [6.07, 6.45) is 13.7. The van der Waals surface area contributed by atoms with Gasteiger partial charge in [0, 0.05) is 0 Å². The molecule has 0 amide bonds. The summed E-state index contributed by atoms with van der Waals surface area (Å²) in [6, 6.07) is 0. The monoisotopic (exact) mass is 252 g/mol. The van der Waals surface area contributed by atoms with Gasteiger partial charge in [0.1, 0.15) is 0 Å². The number of rotatable bonds is 8. The Labute approximate surface area is 109 Å². The normalized spacial score (nSPS) is 14.8. The van der Waals surface area contributed by atoms with Crippen LogP contribution in [0.1, 0.15) is 53.4 Å². The second kappa shape index (κ2) is 10.5. The van der Waals surface area contributed by atoms with E-state index in [1.807, 2.05) is 0 Å². The first kappa shape index (κ1) is 16.4. The molecule has 0 aromatic heterocycles. The molecule has 0 radical (unpaired) electrons. The minimum atomic E-state index is -1.60. The summed E-state index contributed by atoms with van der Waals surface area (Å²) >= 11 is 0. The molecule has 0 heterocycles. The van der Waals surface area contributed by atoms with Crippen molar-refractivity contribution in [3.63, 3.8) is 0 Å². The molecule has 0 bridgehead atoms. The van der Waals surface area contributed by atoms with E-state index in [0.717, 1.165) is 25.7 Å². The minimum absolute atomic E-state index is 1.12. The van der Waals surface area contributed by atoms with Crippen LogP contribution >= 0.6 is 7.26 Å². The quantitative estimate of drug-likeness (QED) is 0.436. The summed E-state index contributed by atoms with van der Waals surface area (Å²) in [4.78, 5) is 0. The van der Waals surface area contributed by atoms with Crippen molar-refractivity contribution in [1.82, 2.24) is 0 Å². The number of hydrogen-bond acceptors (Lipinski definition) is 0. The van der Waals surface area contributed by atoms with Crippen LogP contribution in [0.4, 0.5) is 0 Å². The van der Waals surface area contributed by atoms with Gasteiger partial charge in [-0.3, -0.25) is 0 Å². The van der Waals surface area contributed by atoms with E-state index in [9.17, 15) is 0 Å². The molecule has 0 aliphatic rings. The SMILES string of the molecule is CCC=C[PH](C=CCC)(C=CCC)C=CCC. The first-order valence-corrected chi connectivity index (χ1v) is 9.26. The maximum absolute atomic E-state index is 2.44. The fourth-order valence-electron chi connectivity index (χ4n) is 1.62. The molecule has 0 aromatic rings. The van der Waals surface area contributed by atoms with E-state index >= 15 is 0 Å². The molecule has 0 aromatic carbocycles. The van der Waals surface area contributed by atoms with E-state index in [1.165, 1.54) is 0 Å². The van der Waals surface area contributed by atoms with Gasteiger partial charge in [0.2, 0.25) is 0 Å². The van der Waals surface area contributed by atoms with Crippen LogP contribution in [0.2, 0.25) is 0 Å². The van der Waals surface area contributed by atoms with Crippen LogP contribution in [-0.2, 0) is 0 Å². The van der Waals surface area contributed by atoms with Crippen LogP contribution < -0.4 is 0 Å². The van der Waals surface area contributed by atoms with Crippen molar-refractivity contribution in [2.75, 3.05) is 0 Å². The molecule has 0 saturated carbocycles. The Kier molecular flexibility index (Phi) is 10.2. The van der Waals surface area contributed by atoms with Gasteiger partial charge in [0.15, 0.2) is 0 Å². The number of hydrogen-bond donors (Lipinski definition) is 0. The van der Waals surface area contributed by atoms with E-state index < -0.39 is 7.26 Å². The fourth-order valence-corrected chi connectivity index (χ4v) is 4.86. The van der Waals surface area contributed by atoms with Gasteiger partial charge in [-0.15, -0.1) is 0 Å². The average molecular weight is 252 g/mol. The van der Waals surface area contributed by atoms with Crippen LogP contribution in [0.15, 0.2) is 47.6 Å². The molecule has 1 heteroatoms. The Morgan fingerprint density at radius 3 is 0.941 bits per heavy atom. The van der Waals surface area contributed by atoms with Crippen molar-refractivity contribution >= 4 is 7.26 Å². The van der Waals surface area contributed by atoms with Crippen LogP contribution in [0.25, 0.3) is 0 Å². The predicted molar refractivity (Wildman–Crippen MR) is 86.0 cm³/mol. The molecule has 0 spiro atoms. The van der Waals surface area contributed by atoms with E-state index in [2.05, 4.69) is 75.3 Å². The first-order valence-electron chi connectivity index (χ1n) is 6.95. The molecule has 0 aliphatic carbocycles. The van der Waals surface area contributed by atoms with E-state index in [4.69, 9.17) is 0 Å². The van der Waals surface area contributed by atoms with Gasteiger partial charge in [-0.2, -0.15) is 0 Å². The number of allylic oxidation sites excluding steroid dienone is 4. The van der Waals surface area contributed by atoms with Gasteiger partial charge in [0.25, 0.3) is 0 Å². The summed E-state index contributed by atoms with van der Waals surface area (Å²) < 4.78 is 0. The van der Waals surface area contributed by atoms with Crippen LogP contribution in [0, 0.1) is 0 Å². The van der Waals surface area contributed by atoms with Gasteiger partial charge in [-0.25, -0.2) is 0 Å². The topological polar surface area (TPSA) is 0 Å². The van der Waals surface area contributed by atoms with Crippen molar-refractivity contribution in [2.24, 2.45) is 0 Å². The zero-order valence-corrected chi connectivity index (χ0v) is 12.9. The Balaban J connectivity index is 5.18. The predicted octanol–water partition coefficient (Wildman–Crippen LogP) is 6.43. The second-order valence-corrected chi connectivity index (χ2v) is 7.58. The van der Waals surface area contributed by atoms with Crippen molar-refractivity contribution in [2.45, 2.75) is 53.4 Å². The van der Waals surface area contributed by atoms with Crippen molar-refractivity contribution in [3.8, 4) is 0 Å². The van der Waals surface area contributed by atoms with E-state index in [1.54, 1.807) is 0 Å².